The van der Waals surface area contributed by atoms with Crippen LogP contribution in [0.15, 0.2) is 0 Å². The minimum atomic E-state index is -1.61. The van der Waals surface area contributed by atoms with Gasteiger partial charge in [-0.05, 0) is 31.5 Å². The summed E-state index contributed by atoms with van der Waals surface area (Å²) in [7, 11) is -1.75. The van der Waals surface area contributed by atoms with Crippen molar-refractivity contribution in [2.45, 2.75) is 107 Å². The maximum absolute atomic E-state index is 8.66. The lowest BCUT2D eigenvalue weighted by Gasteiger charge is -2.00. The van der Waals surface area contributed by atoms with Crippen LogP contribution in [0, 0.1) is 11.8 Å². The van der Waals surface area contributed by atoms with E-state index in [-0.39, 0.29) is 8.80 Å². The highest BCUT2D eigenvalue weighted by Gasteiger charge is 2.03. The van der Waals surface area contributed by atoms with E-state index in [2.05, 4.69) is 61.2 Å². The average molecular weight is 337 g/mol. The van der Waals surface area contributed by atoms with Gasteiger partial charge in [0.2, 0.25) is 0 Å². The first-order valence-electron chi connectivity index (χ1n) is 8.96. The second-order valence-corrected chi connectivity index (χ2v) is 16.3. The van der Waals surface area contributed by atoms with E-state index in [1.165, 1.54) is 25.7 Å². The van der Waals surface area contributed by atoms with E-state index in [0.29, 0.717) is 0 Å². The van der Waals surface area contributed by atoms with Gasteiger partial charge in [-0.15, -0.1) is 0 Å². The molecule has 0 heterocycles. The standard InChI is InChI=1S/C8H18.C4H10.C3H10OSi.C3H10Si/c1-4-5-6-7-8(2)3;1-4(2)3;1-5(2,3)4;1-4(2)3/h8H,4-7H2,1-3H3;4H,1-3H3;4H,1-3H3;4H,1-3H3. The normalized spacial score (nSPS) is 10.3. The SMILES string of the molecule is CC(C)C.CCCCCC(C)C.C[SiH](C)C.C[Si](C)(C)O. The van der Waals surface area contributed by atoms with Crippen LogP contribution in [0.3, 0.4) is 0 Å². The van der Waals surface area contributed by atoms with Crippen LogP contribution in [0.1, 0.15) is 67.2 Å². The predicted octanol–water partition coefficient (Wildman–Crippen LogP) is 6.80. The zero-order valence-electron chi connectivity index (χ0n) is 17.5. The molecule has 0 unspecified atom stereocenters. The molecule has 0 fully saturated rings. The molecule has 3 heteroatoms. The van der Waals surface area contributed by atoms with E-state index in [1.54, 1.807) is 0 Å². The van der Waals surface area contributed by atoms with E-state index in [0.717, 1.165) is 11.8 Å². The van der Waals surface area contributed by atoms with Crippen molar-refractivity contribution in [3.05, 3.63) is 0 Å². The molecule has 0 rings (SSSR count). The number of hydrogen-bond acceptors (Lipinski definition) is 1. The van der Waals surface area contributed by atoms with Crippen molar-refractivity contribution in [2.75, 3.05) is 0 Å². The molecule has 0 aliphatic heterocycles. The Morgan fingerprint density at radius 2 is 1.10 bits per heavy atom. The monoisotopic (exact) mass is 336 g/mol. The summed E-state index contributed by atoms with van der Waals surface area (Å²) in [5.41, 5.74) is 0. The Kier molecular flexibility index (Phi) is 28.6. The van der Waals surface area contributed by atoms with Gasteiger partial charge in [0.15, 0.2) is 8.32 Å². The van der Waals surface area contributed by atoms with E-state index in [4.69, 9.17) is 4.80 Å². The molecule has 0 aromatic heterocycles. The molecule has 0 radical (unpaired) electrons. The largest absolute Gasteiger partial charge is 0.433 e. The molecule has 0 saturated heterocycles. The summed E-state index contributed by atoms with van der Waals surface area (Å²) in [5, 5.41) is 0. The summed E-state index contributed by atoms with van der Waals surface area (Å²) in [6.45, 7) is 25.9. The molecule has 0 spiro atoms. The maximum atomic E-state index is 8.66. The molecular weight excluding hydrogens is 288 g/mol. The molecule has 21 heavy (non-hydrogen) atoms. The minimum Gasteiger partial charge on any atom is -0.433 e. The quantitative estimate of drug-likeness (QED) is 0.442. The lowest BCUT2D eigenvalue weighted by molar-refractivity contribution is 0.534. The van der Waals surface area contributed by atoms with Crippen LogP contribution in [0.2, 0.25) is 39.3 Å². The lowest BCUT2D eigenvalue weighted by atomic mass is 10.1. The van der Waals surface area contributed by atoms with Crippen LogP contribution in [0.25, 0.3) is 0 Å². The van der Waals surface area contributed by atoms with Gasteiger partial charge in [-0.25, -0.2) is 0 Å². The fraction of sp³-hybridized carbons (Fsp3) is 1.00. The Morgan fingerprint density at radius 3 is 1.24 bits per heavy atom. The van der Waals surface area contributed by atoms with Gasteiger partial charge in [0.1, 0.15) is 0 Å². The van der Waals surface area contributed by atoms with E-state index >= 15 is 0 Å². The second-order valence-electron chi connectivity index (χ2n) is 8.52. The van der Waals surface area contributed by atoms with Gasteiger partial charge < -0.3 is 4.80 Å². The van der Waals surface area contributed by atoms with Crippen molar-refractivity contribution in [1.29, 1.82) is 0 Å². The average Bonchev–Trinajstić information content (AvgIpc) is 2.12. The predicted molar refractivity (Wildman–Crippen MR) is 110 cm³/mol. The van der Waals surface area contributed by atoms with E-state index < -0.39 is 8.32 Å². The molecule has 0 aliphatic carbocycles. The second kappa shape index (κ2) is 20.4. The Morgan fingerprint density at radius 1 is 0.857 bits per heavy atom. The summed E-state index contributed by atoms with van der Waals surface area (Å²) in [4.78, 5) is 8.66. The van der Waals surface area contributed by atoms with Crippen LogP contribution < -0.4 is 0 Å². The van der Waals surface area contributed by atoms with Gasteiger partial charge in [-0.3, -0.25) is 0 Å². The van der Waals surface area contributed by atoms with Crippen LogP contribution in [0.5, 0.6) is 0 Å². The Labute approximate surface area is 140 Å². The third kappa shape index (κ3) is 237. The fourth-order valence-electron chi connectivity index (χ4n) is 0.803. The van der Waals surface area contributed by atoms with Gasteiger partial charge in [0.25, 0.3) is 0 Å². The maximum Gasteiger partial charge on any atom is 0.179 e. The Bertz CT molecular complexity index is 144. The van der Waals surface area contributed by atoms with Gasteiger partial charge >= 0.3 is 0 Å². The van der Waals surface area contributed by atoms with Gasteiger partial charge in [0.05, 0.1) is 0 Å². The van der Waals surface area contributed by atoms with Crippen molar-refractivity contribution < 1.29 is 4.80 Å². The number of rotatable bonds is 4. The summed E-state index contributed by atoms with van der Waals surface area (Å²) in [6.07, 6.45) is 5.60. The van der Waals surface area contributed by atoms with Gasteiger partial charge in [-0.1, -0.05) is 86.9 Å². The molecule has 0 bridgehead atoms. The van der Waals surface area contributed by atoms with Crippen molar-refractivity contribution in [3.63, 3.8) is 0 Å². The molecule has 1 nitrogen and oxygen atoms in total. The smallest absolute Gasteiger partial charge is 0.179 e. The molecule has 0 aromatic carbocycles. The molecule has 0 aliphatic rings. The minimum absolute atomic E-state index is 0.139. The molecule has 1 N–H and O–H groups in total. The van der Waals surface area contributed by atoms with Crippen molar-refractivity contribution in [2.24, 2.45) is 11.8 Å². The molecular formula is C18H48OSi2. The van der Waals surface area contributed by atoms with Crippen LogP contribution in [-0.2, 0) is 0 Å². The highest BCUT2D eigenvalue weighted by atomic mass is 28.4. The third-order valence-corrected chi connectivity index (χ3v) is 1.39. The molecule has 0 saturated carbocycles. The first-order valence-corrected chi connectivity index (χ1v) is 15.9. The Balaban J connectivity index is -0.0000000970. The van der Waals surface area contributed by atoms with Gasteiger partial charge in [-0.2, -0.15) is 0 Å². The zero-order valence-corrected chi connectivity index (χ0v) is 19.7. The summed E-state index contributed by atoms with van der Waals surface area (Å²) in [5.74, 6) is 1.74. The highest BCUT2D eigenvalue weighted by molar-refractivity contribution is 6.68. The first kappa shape index (κ1) is 29.4. The Hall–Kier alpha value is 0.394. The van der Waals surface area contributed by atoms with E-state index in [9.17, 15) is 0 Å². The number of unbranched alkanes of at least 4 members (excludes halogenated alkanes) is 2. The van der Waals surface area contributed by atoms with E-state index in [1.807, 2.05) is 19.6 Å². The number of hydrogen-bond donors (Lipinski definition) is 1. The third-order valence-electron chi connectivity index (χ3n) is 1.39. The first-order chi connectivity index (χ1) is 9.23. The molecule has 0 atom stereocenters. The topological polar surface area (TPSA) is 20.2 Å². The summed E-state index contributed by atoms with van der Waals surface area (Å²) < 4.78 is 0. The highest BCUT2D eigenvalue weighted by Crippen LogP contribution is 2.06. The van der Waals surface area contributed by atoms with Crippen molar-refractivity contribution >= 4 is 17.1 Å². The molecule has 0 amide bonds. The van der Waals surface area contributed by atoms with Crippen LogP contribution in [-0.4, -0.2) is 21.9 Å². The zero-order chi connectivity index (χ0) is 18.1. The fourth-order valence-corrected chi connectivity index (χ4v) is 0.803. The van der Waals surface area contributed by atoms with Crippen molar-refractivity contribution in [3.8, 4) is 0 Å². The molecule has 134 valence electrons. The van der Waals surface area contributed by atoms with Crippen molar-refractivity contribution in [1.82, 2.24) is 0 Å². The van der Waals surface area contributed by atoms with Crippen LogP contribution in [0.4, 0.5) is 0 Å². The van der Waals surface area contributed by atoms with Gasteiger partial charge in [0, 0.05) is 8.80 Å². The summed E-state index contributed by atoms with van der Waals surface area (Å²) in [6, 6.07) is 0. The van der Waals surface area contributed by atoms with Crippen LogP contribution >= 0.6 is 0 Å². The molecule has 0 aromatic rings. The lowest BCUT2D eigenvalue weighted by Crippen LogP contribution is -2.17. The summed E-state index contributed by atoms with van der Waals surface area (Å²) >= 11 is 0.